The highest BCUT2D eigenvalue weighted by Gasteiger charge is 2.23. The Morgan fingerprint density at radius 2 is 1.38 bits per heavy atom. The predicted octanol–water partition coefficient (Wildman–Crippen LogP) is 4.10. The molecule has 1 N–H and O–H groups in total. The summed E-state index contributed by atoms with van der Waals surface area (Å²) in [7, 11) is 1.29. The Kier molecular flexibility index (Phi) is 13.9. The first-order valence-electron chi connectivity index (χ1n) is 12.9. The van der Waals surface area contributed by atoms with Crippen LogP contribution in [0.5, 0.6) is 11.5 Å². The molecule has 0 radical (unpaired) electrons. The Bertz CT molecular complexity index is 909. The van der Waals surface area contributed by atoms with E-state index >= 15 is 0 Å². The largest absolute Gasteiger partial charge is 0.468 e. The number of rotatable bonds is 15. The highest BCUT2D eigenvalue weighted by molar-refractivity contribution is 5.77. The molecule has 0 fully saturated rings. The standard InChI is InChI=1S/C28H43NO8/c1-17(2)13-25(30)36-23-10-9-21(16-24(23)37-26(31)14-18(3)4)15-22(28(33)34-8)29-11-12-35-27(32)20(7)19(5)6/h9-10,16-20,22,29H,11-15H2,1-8H3/t20?,22-/m0/s1. The summed E-state index contributed by atoms with van der Waals surface area (Å²) >= 11 is 0. The van der Waals surface area contributed by atoms with Crippen LogP contribution < -0.4 is 14.8 Å². The number of benzene rings is 1. The second-order valence-electron chi connectivity index (χ2n) is 10.4. The molecule has 2 atom stereocenters. The van der Waals surface area contributed by atoms with Crippen LogP contribution in [0.2, 0.25) is 0 Å². The van der Waals surface area contributed by atoms with E-state index in [1.165, 1.54) is 7.11 Å². The fourth-order valence-corrected chi connectivity index (χ4v) is 3.24. The molecule has 9 nitrogen and oxygen atoms in total. The predicted molar refractivity (Wildman–Crippen MR) is 139 cm³/mol. The second kappa shape index (κ2) is 16.0. The van der Waals surface area contributed by atoms with Gasteiger partial charge >= 0.3 is 23.9 Å². The maximum absolute atomic E-state index is 12.4. The van der Waals surface area contributed by atoms with Crippen molar-refractivity contribution in [2.24, 2.45) is 23.7 Å². The summed E-state index contributed by atoms with van der Waals surface area (Å²) in [5, 5.41) is 3.05. The first-order chi connectivity index (χ1) is 17.3. The minimum absolute atomic E-state index is 0.0909. The molecule has 1 unspecified atom stereocenters. The molecule has 0 spiro atoms. The van der Waals surface area contributed by atoms with Crippen LogP contribution in [0.3, 0.4) is 0 Å². The molecule has 1 rings (SSSR count). The smallest absolute Gasteiger partial charge is 0.323 e. The van der Waals surface area contributed by atoms with E-state index in [1.54, 1.807) is 18.2 Å². The minimum Gasteiger partial charge on any atom is -0.468 e. The molecule has 0 heterocycles. The molecular formula is C28H43NO8. The lowest BCUT2D eigenvalue weighted by Crippen LogP contribution is -2.41. The molecule has 0 saturated heterocycles. The van der Waals surface area contributed by atoms with Crippen LogP contribution in [0.4, 0.5) is 0 Å². The van der Waals surface area contributed by atoms with Crippen LogP contribution in [-0.4, -0.2) is 50.2 Å². The number of hydrogen-bond acceptors (Lipinski definition) is 9. The van der Waals surface area contributed by atoms with Crippen molar-refractivity contribution in [3.63, 3.8) is 0 Å². The Balaban J connectivity index is 2.99. The van der Waals surface area contributed by atoms with Gasteiger partial charge in [0, 0.05) is 19.4 Å². The Labute approximate surface area is 220 Å². The van der Waals surface area contributed by atoms with Crippen molar-refractivity contribution in [1.82, 2.24) is 5.32 Å². The van der Waals surface area contributed by atoms with Crippen molar-refractivity contribution >= 4 is 23.9 Å². The number of hydrogen-bond donors (Lipinski definition) is 1. The Hall–Kier alpha value is -2.94. The fourth-order valence-electron chi connectivity index (χ4n) is 3.24. The van der Waals surface area contributed by atoms with Gasteiger partial charge in [0.1, 0.15) is 12.6 Å². The normalized spacial score (nSPS) is 12.8. The number of carbonyl (C=O) groups excluding carboxylic acids is 4. The van der Waals surface area contributed by atoms with Gasteiger partial charge in [-0.15, -0.1) is 0 Å². The van der Waals surface area contributed by atoms with Crippen molar-refractivity contribution in [2.45, 2.75) is 73.8 Å². The van der Waals surface area contributed by atoms with Gasteiger partial charge < -0.3 is 24.3 Å². The summed E-state index contributed by atoms with van der Waals surface area (Å²) in [4.78, 5) is 49.0. The summed E-state index contributed by atoms with van der Waals surface area (Å²) in [5.74, 6) is -1.27. The van der Waals surface area contributed by atoms with Gasteiger partial charge in [0.2, 0.25) is 0 Å². The topological polar surface area (TPSA) is 117 Å². The van der Waals surface area contributed by atoms with Gasteiger partial charge in [-0.3, -0.25) is 19.2 Å². The molecule has 0 saturated carbocycles. The molecule has 1 aromatic carbocycles. The monoisotopic (exact) mass is 521 g/mol. The maximum Gasteiger partial charge on any atom is 0.323 e. The number of methoxy groups -OCH3 is 1. The molecule has 0 aliphatic carbocycles. The van der Waals surface area contributed by atoms with Crippen LogP contribution in [0, 0.1) is 23.7 Å². The van der Waals surface area contributed by atoms with Gasteiger partial charge in [0.05, 0.1) is 13.0 Å². The number of carbonyl (C=O) groups is 4. The summed E-state index contributed by atoms with van der Waals surface area (Å²) in [6.45, 7) is 13.7. The SMILES string of the molecule is COC(=O)[C@H](Cc1ccc(OC(=O)CC(C)C)c(OC(=O)CC(C)C)c1)NCCOC(=O)C(C)C(C)C. The Morgan fingerprint density at radius 1 is 0.811 bits per heavy atom. The average molecular weight is 522 g/mol. The third kappa shape index (κ3) is 12.2. The zero-order chi connectivity index (χ0) is 28.1. The number of nitrogens with one attached hydrogen (secondary N) is 1. The third-order valence-corrected chi connectivity index (χ3v) is 5.64. The first kappa shape index (κ1) is 32.1. The number of ether oxygens (including phenoxy) is 4. The molecule has 0 aliphatic heterocycles. The molecule has 0 aliphatic rings. The average Bonchev–Trinajstić information content (AvgIpc) is 2.80. The summed E-state index contributed by atoms with van der Waals surface area (Å²) < 4.78 is 21.2. The molecule has 9 heteroatoms. The molecule has 0 bridgehead atoms. The van der Waals surface area contributed by atoms with Gasteiger partial charge in [-0.05, 0) is 41.9 Å². The lowest BCUT2D eigenvalue weighted by molar-refractivity contribution is -0.149. The van der Waals surface area contributed by atoms with Crippen molar-refractivity contribution in [2.75, 3.05) is 20.3 Å². The van der Waals surface area contributed by atoms with Crippen molar-refractivity contribution in [3.8, 4) is 11.5 Å². The highest BCUT2D eigenvalue weighted by Crippen LogP contribution is 2.30. The van der Waals surface area contributed by atoms with Crippen molar-refractivity contribution in [3.05, 3.63) is 23.8 Å². The number of esters is 4. The highest BCUT2D eigenvalue weighted by atomic mass is 16.6. The van der Waals surface area contributed by atoms with Gasteiger partial charge in [0.15, 0.2) is 11.5 Å². The molecule has 1 aromatic rings. The summed E-state index contributed by atoms with van der Waals surface area (Å²) in [5.41, 5.74) is 0.657. The zero-order valence-electron chi connectivity index (χ0n) is 23.4. The van der Waals surface area contributed by atoms with Gasteiger partial charge in [-0.25, -0.2) is 0 Å². The van der Waals surface area contributed by atoms with E-state index in [2.05, 4.69) is 5.32 Å². The lowest BCUT2D eigenvalue weighted by atomic mass is 9.99. The quantitative estimate of drug-likeness (QED) is 0.207. The van der Waals surface area contributed by atoms with E-state index < -0.39 is 23.9 Å². The molecule has 0 amide bonds. The van der Waals surface area contributed by atoms with E-state index in [4.69, 9.17) is 18.9 Å². The van der Waals surface area contributed by atoms with Crippen LogP contribution >= 0.6 is 0 Å². The first-order valence-corrected chi connectivity index (χ1v) is 12.9. The van der Waals surface area contributed by atoms with Gasteiger partial charge in [-0.2, -0.15) is 0 Å². The van der Waals surface area contributed by atoms with Gasteiger partial charge in [0.25, 0.3) is 0 Å². The summed E-state index contributed by atoms with van der Waals surface area (Å²) in [6, 6.07) is 4.09. The van der Waals surface area contributed by atoms with Gasteiger partial charge in [-0.1, -0.05) is 54.5 Å². The second-order valence-corrected chi connectivity index (χ2v) is 10.4. The van der Waals surface area contributed by atoms with Crippen LogP contribution in [0.1, 0.15) is 66.9 Å². The molecule has 37 heavy (non-hydrogen) atoms. The van der Waals surface area contributed by atoms with E-state index in [-0.39, 0.29) is 73.6 Å². The zero-order valence-corrected chi connectivity index (χ0v) is 23.4. The van der Waals surface area contributed by atoms with E-state index in [0.29, 0.717) is 5.56 Å². The summed E-state index contributed by atoms with van der Waals surface area (Å²) in [6.07, 6.45) is 0.623. The lowest BCUT2D eigenvalue weighted by Gasteiger charge is -2.19. The van der Waals surface area contributed by atoms with Crippen molar-refractivity contribution < 1.29 is 38.1 Å². The maximum atomic E-state index is 12.4. The molecular weight excluding hydrogens is 478 g/mol. The minimum atomic E-state index is -0.736. The third-order valence-electron chi connectivity index (χ3n) is 5.64. The molecule has 208 valence electrons. The van der Waals surface area contributed by atoms with Crippen LogP contribution in [0.15, 0.2) is 18.2 Å². The van der Waals surface area contributed by atoms with E-state index in [1.807, 2.05) is 48.5 Å². The van der Waals surface area contributed by atoms with Crippen LogP contribution in [0.25, 0.3) is 0 Å². The van der Waals surface area contributed by atoms with Crippen molar-refractivity contribution in [1.29, 1.82) is 0 Å². The Morgan fingerprint density at radius 3 is 1.89 bits per heavy atom. The van der Waals surface area contributed by atoms with Crippen LogP contribution in [-0.2, 0) is 35.1 Å². The molecule has 0 aromatic heterocycles. The fraction of sp³-hybridized carbons (Fsp3) is 0.643. The van der Waals surface area contributed by atoms with E-state index in [0.717, 1.165) is 0 Å². The van der Waals surface area contributed by atoms with E-state index in [9.17, 15) is 19.2 Å².